The molecule has 2 N–H and O–H groups in total. The number of esters is 1. The Morgan fingerprint density at radius 2 is 2.33 bits per heavy atom. The number of carbonyl (C=O) groups is 1. The number of methoxy groups -OCH3 is 1. The van der Waals surface area contributed by atoms with E-state index in [2.05, 4.69) is 9.72 Å². The van der Waals surface area contributed by atoms with E-state index >= 15 is 0 Å². The quantitative estimate of drug-likeness (QED) is 0.796. The lowest BCUT2D eigenvalue weighted by Gasteiger charge is -2.10. The van der Waals surface area contributed by atoms with Crippen LogP contribution in [0.25, 0.3) is 5.82 Å². The summed E-state index contributed by atoms with van der Waals surface area (Å²) in [6.45, 7) is 0. The number of anilines is 1. The molecule has 0 amide bonds. The van der Waals surface area contributed by atoms with Crippen LogP contribution in [0.1, 0.15) is 16.1 Å². The summed E-state index contributed by atoms with van der Waals surface area (Å²) in [5.74, 6) is -0.207. The topological polar surface area (TPSA) is 93.9 Å². The fraction of sp³-hybridized carbons (Fsp3) is 0.0833. The Hall–Kier alpha value is -2.81. The lowest BCUT2D eigenvalue weighted by molar-refractivity contribution is 0.0602. The number of nitrogens with zero attached hydrogens (tertiary/aromatic N) is 3. The molecule has 2 aromatic rings. The summed E-state index contributed by atoms with van der Waals surface area (Å²) in [6, 6.07) is 6.82. The summed E-state index contributed by atoms with van der Waals surface area (Å²) in [4.78, 5) is 15.6. The van der Waals surface area contributed by atoms with Crippen molar-refractivity contribution in [2.75, 3.05) is 12.8 Å². The highest BCUT2D eigenvalue weighted by atomic mass is 16.5. The molecule has 0 fully saturated rings. The van der Waals surface area contributed by atoms with Gasteiger partial charge in [0.1, 0.15) is 11.8 Å². The molecular weight excluding hydrogens is 232 g/mol. The molecule has 90 valence electrons. The number of carbonyl (C=O) groups excluding carboxylic acids is 1. The third-order valence-corrected chi connectivity index (χ3v) is 2.47. The second-order valence-electron chi connectivity index (χ2n) is 3.46. The minimum Gasteiger partial charge on any atom is -0.465 e. The van der Waals surface area contributed by atoms with Crippen LogP contribution in [0.15, 0.2) is 30.6 Å². The minimum absolute atomic E-state index is 0.178. The zero-order valence-corrected chi connectivity index (χ0v) is 9.62. The molecule has 2 rings (SSSR count). The predicted octanol–water partition coefficient (Wildman–Crippen LogP) is 1.11. The van der Waals surface area contributed by atoms with Gasteiger partial charge >= 0.3 is 5.97 Å². The molecule has 0 unspecified atom stereocenters. The Morgan fingerprint density at radius 3 is 3.00 bits per heavy atom. The molecule has 0 aliphatic carbocycles. The van der Waals surface area contributed by atoms with E-state index in [1.165, 1.54) is 23.9 Å². The van der Waals surface area contributed by atoms with Gasteiger partial charge in [0.15, 0.2) is 5.82 Å². The fourth-order valence-electron chi connectivity index (χ4n) is 1.60. The second kappa shape index (κ2) is 4.59. The van der Waals surface area contributed by atoms with E-state index in [9.17, 15) is 4.79 Å². The number of pyridine rings is 1. The van der Waals surface area contributed by atoms with Crippen LogP contribution in [0, 0.1) is 11.3 Å². The summed E-state index contributed by atoms with van der Waals surface area (Å²) in [6.07, 6.45) is 3.09. The van der Waals surface area contributed by atoms with Crippen LogP contribution in [0.3, 0.4) is 0 Å². The molecule has 6 nitrogen and oxygen atoms in total. The van der Waals surface area contributed by atoms with Gasteiger partial charge in [0.2, 0.25) is 0 Å². The molecule has 6 heteroatoms. The Bertz CT molecular complexity index is 640. The van der Waals surface area contributed by atoms with E-state index in [4.69, 9.17) is 11.0 Å². The monoisotopic (exact) mass is 242 g/mol. The summed E-state index contributed by atoms with van der Waals surface area (Å²) < 4.78 is 6.14. The van der Waals surface area contributed by atoms with Gasteiger partial charge in [0.25, 0.3) is 0 Å². The average molecular weight is 242 g/mol. The average Bonchev–Trinajstić information content (AvgIpc) is 2.86. The van der Waals surface area contributed by atoms with Crippen LogP contribution in [0.2, 0.25) is 0 Å². The van der Waals surface area contributed by atoms with Crippen molar-refractivity contribution < 1.29 is 9.53 Å². The maximum atomic E-state index is 11.5. The van der Waals surface area contributed by atoms with Gasteiger partial charge in [0, 0.05) is 12.4 Å². The smallest absolute Gasteiger partial charge is 0.340 e. The van der Waals surface area contributed by atoms with E-state index < -0.39 is 5.97 Å². The number of aromatic nitrogens is 2. The minimum atomic E-state index is -0.540. The highest BCUT2D eigenvalue weighted by molar-refractivity contribution is 5.96. The number of nitriles is 1. The Morgan fingerprint density at radius 1 is 1.56 bits per heavy atom. The van der Waals surface area contributed by atoms with Crippen molar-refractivity contribution in [2.24, 2.45) is 0 Å². The van der Waals surface area contributed by atoms with E-state index in [-0.39, 0.29) is 11.3 Å². The Labute approximate surface area is 103 Å². The first kappa shape index (κ1) is 11.7. The number of rotatable bonds is 2. The molecule has 0 radical (unpaired) electrons. The van der Waals surface area contributed by atoms with Crippen LogP contribution in [0.5, 0.6) is 0 Å². The first-order chi connectivity index (χ1) is 8.69. The Balaban J connectivity index is 2.60. The van der Waals surface area contributed by atoms with Crippen molar-refractivity contribution in [3.63, 3.8) is 0 Å². The van der Waals surface area contributed by atoms with Crippen LogP contribution >= 0.6 is 0 Å². The van der Waals surface area contributed by atoms with Crippen molar-refractivity contribution in [1.29, 1.82) is 5.26 Å². The molecule has 2 aromatic heterocycles. The van der Waals surface area contributed by atoms with Crippen molar-refractivity contribution in [1.82, 2.24) is 9.55 Å². The third-order valence-electron chi connectivity index (χ3n) is 2.47. The van der Waals surface area contributed by atoms with Crippen LogP contribution in [0.4, 0.5) is 5.69 Å². The van der Waals surface area contributed by atoms with Gasteiger partial charge in [-0.25, -0.2) is 9.78 Å². The van der Waals surface area contributed by atoms with Crippen molar-refractivity contribution in [3.8, 4) is 11.9 Å². The predicted molar refractivity (Wildman–Crippen MR) is 64.0 cm³/mol. The van der Waals surface area contributed by atoms with Crippen LogP contribution in [-0.2, 0) is 4.74 Å². The number of ether oxygens (including phenoxy) is 1. The van der Waals surface area contributed by atoms with Gasteiger partial charge in [-0.15, -0.1) is 0 Å². The molecule has 0 aromatic carbocycles. The van der Waals surface area contributed by atoms with Gasteiger partial charge in [-0.3, -0.25) is 4.57 Å². The molecule has 2 heterocycles. The van der Waals surface area contributed by atoms with Crippen LogP contribution < -0.4 is 5.73 Å². The summed E-state index contributed by atoms with van der Waals surface area (Å²) in [7, 11) is 1.28. The Kier molecular flexibility index (Phi) is 2.98. The number of nitrogen functional groups attached to an aromatic ring is 1. The summed E-state index contributed by atoms with van der Waals surface area (Å²) in [5.41, 5.74) is 6.67. The standard InChI is InChI=1S/C12H10N4O2/c1-18-12(17)9-4-5-15-11(10(9)14)16-6-2-3-8(16)7-13/h2-6H,14H2,1H3. The highest BCUT2D eigenvalue weighted by Crippen LogP contribution is 2.21. The molecule has 0 saturated heterocycles. The normalized spacial score (nSPS) is 9.78. The van der Waals surface area contributed by atoms with Gasteiger partial charge < -0.3 is 10.5 Å². The lowest BCUT2D eigenvalue weighted by Crippen LogP contribution is -2.11. The van der Waals surface area contributed by atoms with E-state index in [0.717, 1.165) is 0 Å². The molecule has 0 aliphatic heterocycles. The second-order valence-corrected chi connectivity index (χ2v) is 3.46. The van der Waals surface area contributed by atoms with Gasteiger partial charge in [0.05, 0.1) is 18.4 Å². The number of hydrogen-bond acceptors (Lipinski definition) is 5. The molecule has 0 saturated carbocycles. The SMILES string of the molecule is COC(=O)c1ccnc(-n2cccc2C#N)c1N. The van der Waals surface area contributed by atoms with Crippen LogP contribution in [-0.4, -0.2) is 22.6 Å². The molecular formula is C12H10N4O2. The molecule has 0 aliphatic rings. The van der Waals surface area contributed by atoms with Crippen molar-refractivity contribution in [2.45, 2.75) is 0 Å². The summed E-state index contributed by atoms with van der Waals surface area (Å²) in [5, 5.41) is 8.95. The maximum Gasteiger partial charge on any atom is 0.340 e. The number of nitrogens with two attached hydrogens (primary N) is 1. The first-order valence-corrected chi connectivity index (χ1v) is 5.09. The van der Waals surface area contributed by atoms with Crippen molar-refractivity contribution in [3.05, 3.63) is 41.9 Å². The summed E-state index contributed by atoms with van der Waals surface area (Å²) >= 11 is 0. The third kappa shape index (κ3) is 1.78. The van der Waals surface area contributed by atoms with E-state index in [1.54, 1.807) is 18.3 Å². The zero-order valence-electron chi connectivity index (χ0n) is 9.62. The maximum absolute atomic E-state index is 11.5. The van der Waals surface area contributed by atoms with E-state index in [0.29, 0.717) is 11.5 Å². The first-order valence-electron chi connectivity index (χ1n) is 5.09. The zero-order chi connectivity index (χ0) is 13.1. The molecule has 0 bridgehead atoms. The molecule has 0 spiro atoms. The van der Waals surface area contributed by atoms with Crippen molar-refractivity contribution >= 4 is 11.7 Å². The highest BCUT2D eigenvalue weighted by Gasteiger charge is 2.16. The number of hydrogen-bond donors (Lipinski definition) is 1. The van der Waals surface area contributed by atoms with Gasteiger partial charge in [-0.05, 0) is 18.2 Å². The molecule has 18 heavy (non-hydrogen) atoms. The fourth-order valence-corrected chi connectivity index (χ4v) is 1.60. The van der Waals surface area contributed by atoms with E-state index in [1.807, 2.05) is 6.07 Å². The molecule has 0 atom stereocenters. The van der Waals surface area contributed by atoms with Gasteiger partial charge in [-0.2, -0.15) is 5.26 Å². The lowest BCUT2D eigenvalue weighted by atomic mass is 10.2. The van der Waals surface area contributed by atoms with Gasteiger partial charge in [-0.1, -0.05) is 0 Å². The largest absolute Gasteiger partial charge is 0.465 e.